The van der Waals surface area contributed by atoms with E-state index < -0.39 is 26.8 Å². The molecule has 9 heteroatoms. The van der Waals surface area contributed by atoms with Gasteiger partial charge < -0.3 is 5.11 Å². The van der Waals surface area contributed by atoms with Crippen LogP contribution in [-0.4, -0.2) is 41.8 Å². The number of thiophene rings is 1. The molecule has 0 amide bonds. The van der Waals surface area contributed by atoms with Crippen molar-refractivity contribution in [3.05, 3.63) is 15.8 Å². The first-order chi connectivity index (χ1) is 9.16. The summed E-state index contributed by atoms with van der Waals surface area (Å²) in [5.74, 6) is -1.26. The number of carboxylic acids is 1. The SMILES string of the molecule is Cc1csc(C(=O)O)c1S(=O)(=O)NCCC(C)S(C)=O. The molecule has 1 aromatic rings. The molecule has 0 aliphatic rings. The number of carboxylic acid groups (broad SMARTS) is 1. The van der Waals surface area contributed by atoms with Gasteiger partial charge in [-0.1, -0.05) is 6.92 Å². The minimum atomic E-state index is -3.86. The molecule has 0 radical (unpaired) electrons. The minimum absolute atomic E-state index is 0.122. The van der Waals surface area contributed by atoms with Gasteiger partial charge in [-0.25, -0.2) is 17.9 Å². The van der Waals surface area contributed by atoms with Crippen LogP contribution in [0.4, 0.5) is 0 Å². The second-order valence-electron chi connectivity index (χ2n) is 4.38. The number of rotatable bonds is 7. The highest BCUT2D eigenvalue weighted by Crippen LogP contribution is 2.26. The highest BCUT2D eigenvalue weighted by atomic mass is 32.2. The van der Waals surface area contributed by atoms with Gasteiger partial charge in [0.1, 0.15) is 9.77 Å². The largest absolute Gasteiger partial charge is 0.477 e. The van der Waals surface area contributed by atoms with Crippen LogP contribution in [-0.2, 0) is 20.8 Å². The number of carbonyl (C=O) groups is 1. The third kappa shape index (κ3) is 4.11. The first-order valence-corrected chi connectivity index (χ1v) is 9.78. The molecule has 0 fully saturated rings. The smallest absolute Gasteiger partial charge is 0.347 e. The van der Waals surface area contributed by atoms with Gasteiger partial charge >= 0.3 is 5.97 Å². The van der Waals surface area contributed by atoms with Crippen molar-refractivity contribution in [3.8, 4) is 0 Å². The Kier molecular flexibility index (Phi) is 5.87. The third-order valence-electron chi connectivity index (χ3n) is 2.79. The highest BCUT2D eigenvalue weighted by Gasteiger charge is 2.26. The molecule has 0 aromatic carbocycles. The molecular formula is C11H17NO5S3. The number of nitrogens with one attached hydrogen (secondary N) is 1. The second-order valence-corrected chi connectivity index (χ2v) is 8.76. The molecule has 114 valence electrons. The maximum atomic E-state index is 12.1. The summed E-state index contributed by atoms with van der Waals surface area (Å²) in [5.41, 5.74) is 0.409. The summed E-state index contributed by atoms with van der Waals surface area (Å²) in [6.45, 7) is 3.45. The summed E-state index contributed by atoms with van der Waals surface area (Å²) < 4.78 is 37.8. The molecule has 0 aliphatic carbocycles. The van der Waals surface area contributed by atoms with Crippen LogP contribution < -0.4 is 4.72 Å². The number of aryl methyl sites for hydroxylation is 1. The molecule has 1 heterocycles. The average Bonchev–Trinajstić information content (AvgIpc) is 2.71. The van der Waals surface area contributed by atoms with Crippen molar-refractivity contribution in [1.82, 2.24) is 4.72 Å². The Morgan fingerprint density at radius 3 is 2.65 bits per heavy atom. The molecule has 0 bridgehead atoms. The Balaban J connectivity index is 2.87. The molecule has 6 nitrogen and oxygen atoms in total. The second kappa shape index (κ2) is 6.79. The lowest BCUT2D eigenvalue weighted by molar-refractivity contribution is 0.0698. The van der Waals surface area contributed by atoms with Crippen molar-refractivity contribution in [1.29, 1.82) is 0 Å². The molecule has 0 saturated carbocycles. The molecule has 20 heavy (non-hydrogen) atoms. The van der Waals surface area contributed by atoms with E-state index in [0.717, 1.165) is 11.3 Å². The minimum Gasteiger partial charge on any atom is -0.477 e. The maximum absolute atomic E-state index is 12.1. The van der Waals surface area contributed by atoms with E-state index in [1.165, 1.54) is 5.38 Å². The summed E-state index contributed by atoms with van der Waals surface area (Å²) >= 11 is 0.888. The Morgan fingerprint density at radius 2 is 2.15 bits per heavy atom. The van der Waals surface area contributed by atoms with Gasteiger partial charge in [-0.2, -0.15) is 0 Å². The molecule has 1 aromatic heterocycles. The van der Waals surface area contributed by atoms with E-state index in [2.05, 4.69) is 4.72 Å². The van der Waals surface area contributed by atoms with Crippen molar-refractivity contribution in [2.75, 3.05) is 12.8 Å². The van der Waals surface area contributed by atoms with Gasteiger partial charge in [-0.3, -0.25) is 4.21 Å². The predicted octanol–water partition coefficient (Wildman–Crippen LogP) is 1.19. The van der Waals surface area contributed by atoms with Gasteiger partial charge in [-0.15, -0.1) is 11.3 Å². The van der Waals surface area contributed by atoms with Crippen LogP contribution >= 0.6 is 11.3 Å². The van der Waals surface area contributed by atoms with Crippen LogP contribution in [0, 0.1) is 6.92 Å². The monoisotopic (exact) mass is 339 g/mol. The fourth-order valence-corrected chi connectivity index (χ4v) is 4.67. The van der Waals surface area contributed by atoms with E-state index in [1.807, 2.05) is 0 Å². The third-order valence-corrected chi connectivity index (χ3v) is 7.02. The molecule has 2 unspecified atom stereocenters. The van der Waals surface area contributed by atoms with Crippen LogP contribution in [0.3, 0.4) is 0 Å². The fourth-order valence-electron chi connectivity index (χ4n) is 1.55. The first kappa shape index (κ1) is 17.3. The Bertz CT molecular complexity index is 620. The quantitative estimate of drug-likeness (QED) is 0.777. The van der Waals surface area contributed by atoms with Crippen LogP contribution in [0.1, 0.15) is 28.6 Å². The number of aromatic carboxylic acids is 1. The van der Waals surface area contributed by atoms with Crippen molar-refractivity contribution < 1.29 is 22.5 Å². The highest BCUT2D eigenvalue weighted by molar-refractivity contribution is 7.89. The van der Waals surface area contributed by atoms with Crippen LogP contribution in [0.25, 0.3) is 0 Å². The zero-order valence-electron chi connectivity index (χ0n) is 11.4. The maximum Gasteiger partial charge on any atom is 0.347 e. The van der Waals surface area contributed by atoms with Crippen LogP contribution in [0.15, 0.2) is 10.3 Å². The Hall–Kier alpha value is -0.770. The Labute approximate surface area is 124 Å². The molecule has 2 atom stereocenters. The molecular weight excluding hydrogens is 322 g/mol. The lowest BCUT2D eigenvalue weighted by Crippen LogP contribution is -2.28. The van der Waals surface area contributed by atoms with E-state index in [-0.39, 0.29) is 21.6 Å². The molecule has 2 N–H and O–H groups in total. The summed E-state index contributed by atoms with van der Waals surface area (Å²) in [5, 5.41) is 10.4. The predicted molar refractivity (Wildman–Crippen MR) is 79.3 cm³/mol. The van der Waals surface area contributed by atoms with Crippen LogP contribution in [0.5, 0.6) is 0 Å². The summed E-state index contributed by atoms with van der Waals surface area (Å²) in [4.78, 5) is 10.7. The normalized spacial score (nSPS) is 14.9. The van der Waals surface area contributed by atoms with Gasteiger partial charge in [0, 0.05) is 28.9 Å². The topological polar surface area (TPSA) is 101 Å². The zero-order chi connectivity index (χ0) is 15.5. The zero-order valence-corrected chi connectivity index (χ0v) is 13.8. The van der Waals surface area contributed by atoms with E-state index in [4.69, 9.17) is 5.11 Å². The van der Waals surface area contributed by atoms with Crippen molar-refractivity contribution in [2.24, 2.45) is 0 Å². The van der Waals surface area contributed by atoms with E-state index in [1.54, 1.807) is 20.1 Å². The van der Waals surface area contributed by atoms with Crippen molar-refractivity contribution >= 4 is 38.1 Å². The fraction of sp³-hybridized carbons (Fsp3) is 0.545. The summed E-state index contributed by atoms with van der Waals surface area (Å²) in [6, 6.07) is 0. The van der Waals surface area contributed by atoms with Gasteiger partial charge in [-0.05, 0) is 24.3 Å². The van der Waals surface area contributed by atoms with Gasteiger partial charge in [0.15, 0.2) is 0 Å². The standard InChI is InChI=1S/C11H17NO5S3/c1-7-6-18-9(11(13)14)10(7)20(16,17)12-5-4-8(2)19(3)15/h6,8,12H,4-5H2,1-3H3,(H,13,14). The number of sulfonamides is 1. The Morgan fingerprint density at radius 1 is 1.55 bits per heavy atom. The number of hydrogen-bond acceptors (Lipinski definition) is 5. The van der Waals surface area contributed by atoms with E-state index in [0.29, 0.717) is 12.0 Å². The average molecular weight is 339 g/mol. The first-order valence-electron chi connectivity index (χ1n) is 5.80. The summed E-state index contributed by atoms with van der Waals surface area (Å²) in [7, 11) is -4.88. The number of hydrogen-bond donors (Lipinski definition) is 2. The van der Waals surface area contributed by atoms with Crippen LogP contribution in [0.2, 0.25) is 0 Å². The van der Waals surface area contributed by atoms with Crippen molar-refractivity contribution in [2.45, 2.75) is 30.4 Å². The molecule has 1 rings (SSSR count). The van der Waals surface area contributed by atoms with Gasteiger partial charge in [0.05, 0.1) is 0 Å². The lowest BCUT2D eigenvalue weighted by Gasteiger charge is -2.10. The summed E-state index contributed by atoms with van der Waals surface area (Å²) in [6.07, 6.45) is 1.98. The molecule has 0 spiro atoms. The van der Waals surface area contributed by atoms with E-state index >= 15 is 0 Å². The van der Waals surface area contributed by atoms with Crippen molar-refractivity contribution in [3.63, 3.8) is 0 Å². The van der Waals surface area contributed by atoms with Gasteiger partial charge in [0.25, 0.3) is 0 Å². The molecule has 0 aliphatic heterocycles. The van der Waals surface area contributed by atoms with Gasteiger partial charge in [0.2, 0.25) is 10.0 Å². The molecule has 0 saturated heterocycles. The van der Waals surface area contributed by atoms with E-state index in [9.17, 15) is 17.4 Å². The lowest BCUT2D eigenvalue weighted by atomic mass is 10.3.